The van der Waals surface area contributed by atoms with Crippen molar-refractivity contribution in [1.29, 1.82) is 0 Å². The third-order valence-electron chi connectivity index (χ3n) is 3.04. The SMILES string of the molecule is CN1CC(=O)N(CCCC(=O)NCCCOCCO)C1=O. The molecule has 2 N–H and O–H groups in total. The van der Waals surface area contributed by atoms with Gasteiger partial charge in [-0.25, -0.2) is 4.79 Å². The van der Waals surface area contributed by atoms with Crippen LogP contribution in [0.1, 0.15) is 19.3 Å². The molecule has 0 aromatic rings. The van der Waals surface area contributed by atoms with E-state index in [2.05, 4.69) is 5.32 Å². The quantitative estimate of drug-likeness (QED) is 0.405. The van der Waals surface area contributed by atoms with Crippen LogP contribution in [0.3, 0.4) is 0 Å². The molecular weight excluding hydrogens is 278 g/mol. The van der Waals surface area contributed by atoms with Gasteiger partial charge in [-0.15, -0.1) is 0 Å². The fourth-order valence-electron chi connectivity index (χ4n) is 1.94. The Kier molecular flexibility index (Phi) is 7.70. The van der Waals surface area contributed by atoms with E-state index in [9.17, 15) is 14.4 Å². The maximum Gasteiger partial charge on any atom is 0.326 e. The van der Waals surface area contributed by atoms with E-state index in [1.54, 1.807) is 7.05 Å². The van der Waals surface area contributed by atoms with Gasteiger partial charge in [-0.2, -0.15) is 0 Å². The maximum absolute atomic E-state index is 11.6. The van der Waals surface area contributed by atoms with Gasteiger partial charge in [-0.1, -0.05) is 0 Å². The minimum Gasteiger partial charge on any atom is -0.394 e. The van der Waals surface area contributed by atoms with Gasteiger partial charge < -0.3 is 20.1 Å². The Hall–Kier alpha value is -1.67. The molecule has 1 heterocycles. The number of nitrogens with one attached hydrogen (secondary N) is 1. The Morgan fingerprint density at radius 2 is 2.10 bits per heavy atom. The van der Waals surface area contributed by atoms with Crippen LogP contribution in [0.25, 0.3) is 0 Å². The van der Waals surface area contributed by atoms with Gasteiger partial charge in [0.2, 0.25) is 11.8 Å². The molecule has 0 radical (unpaired) electrons. The molecule has 0 aromatic heterocycles. The molecule has 0 unspecified atom stereocenters. The fourth-order valence-corrected chi connectivity index (χ4v) is 1.94. The first-order chi connectivity index (χ1) is 10.1. The predicted molar refractivity (Wildman–Crippen MR) is 74.5 cm³/mol. The van der Waals surface area contributed by atoms with E-state index in [1.807, 2.05) is 0 Å². The smallest absolute Gasteiger partial charge is 0.326 e. The topological polar surface area (TPSA) is 99.2 Å². The van der Waals surface area contributed by atoms with Crippen LogP contribution in [0.2, 0.25) is 0 Å². The summed E-state index contributed by atoms with van der Waals surface area (Å²) in [7, 11) is 1.58. The highest BCUT2D eigenvalue weighted by atomic mass is 16.5. The van der Waals surface area contributed by atoms with Crippen molar-refractivity contribution in [2.75, 3.05) is 46.5 Å². The van der Waals surface area contributed by atoms with E-state index in [1.165, 1.54) is 9.80 Å². The minimum absolute atomic E-state index is 0.00448. The Labute approximate surface area is 124 Å². The average Bonchev–Trinajstić information content (AvgIpc) is 2.69. The van der Waals surface area contributed by atoms with Crippen molar-refractivity contribution >= 4 is 17.8 Å². The molecule has 0 aromatic carbocycles. The van der Waals surface area contributed by atoms with E-state index in [0.717, 1.165) is 0 Å². The number of aliphatic hydroxyl groups is 1. The Morgan fingerprint density at radius 3 is 2.71 bits per heavy atom. The highest BCUT2D eigenvalue weighted by molar-refractivity contribution is 6.01. The molecular formula is C13H23N3O5. The lowest BCUT2D eigenvalue weighted by Gasteiger charge is -2.13. The van der Waals surface area contributed by atoms with Gasteiger partial charge in [0, 0.05) is 33.2 Å². The summed E-state index contributed by atoms with van der Waals surface area (Å²) in [5.41, 5.74) is 0. The number of nitrogens with zero attached hydrogens (tertiary/aromatic N) is 2. The molecule has 120 valence electrons. The van der Waals surface area contributed by atoms with Gasteiger partial charge in [-0.05, 0) is 12.8 Å². The molecule has 21 heavy (non-hydrogen) atoms. The van der Waals surface area contributed by atoms with Crippen LogP contribution in [0.5, 0.6) is 0 Å². The number of carbonyl (C=O) groups is 3. The third-order valence-corrected chi connectivity index (χ3v) is 3.04. The van der Waals surface area contributed by atoms with Crippen molar-refractivity contribution in [3.63, 3.8) is 0 Å². The Bertz CT molecular complexity index is 375. The number of amides is 4. The van der Waals surface area contributed by atoms with Gasteiger partial charge >= 0.3 is 6.03 Å². The van der Waals surface area contributed by atoms with Crippen molar-refractivity contribution in [3.05, 3.63) is 0 Å². The molecule has 8 heteroatoms. The first kappa shape index (κ1) is 17.4. The molecule has 1 fully saturated rings. The fraction of sp³-hybridized carbons (Fsp3) is 0.769. The molecule has 1 rings (SSSR count). The number of hydrogen-bond acceptors (Lipinski definition) is 5. The normalized spacial score (nSPS) is 15.0. The first-order valence-corrected chi connectivity index (χ1v) is 7.07. The second kappa shape index (κ2) is 9.30. The standard InChI is InChI=1S/C13H23N3O5/c1-15-10-12(19)16(13(15)20)6-2-4-11(18)14-5-3-8-21-9-7-17/h17H,2-10H2,1H3,(H,14,18). The molecule has 0 spiro atoms. The van der Waals surface area contributed by atoms with Crippen LogP contribution in [-0.4, -0.2) is 79.3 Å². The van der Waals surface area contributed by atoms with Crippen LogP contribution >= 0.6 is 0 Å². The van der Waals surface area contributed by atoms with E-state index in [4.69, 9.17) is 9.84 Å². The van der Waals surface area contributed by atoms with Crippen LogP contribution in [0, 0.1) is 0 Å². The molecule has 1 saturated heterocycles. The maximum atomic E-state index is 11.6. The number of likely N-dealkylation sites (N-methyl/N-ethyl adjacent to an activating group) is 1. The van der Waals surface area contributed by atoms with Crippen molar-refractivity contribution in [2.24, 2.45) is 0 Å². The Morgan fingerprint density at radius 1 is 1.33 bits per heavy atom. The second-order valence-corrected chi connectivity index (χ2v) is 4.83. The number of urea groups is 1. The second-order valence-electron chi connectivity index (χ2n) is 4.83. The summed E-state index contributed by atoms with van der Waals surface area (Å²) in [6.07, 6.45) is 1.41. The molecule has 1 aliphatic heterocycles. The van der Waals surface area contributed by atoms with Gasteiger partial charge in [0.15, 0.2) is 0 Å². The average molecular weight is 301 g/mol. The van der Waals surface area contributed by atoms with Crippen molar-refractivity contribution in [3.8, 4) is 0 Å². The third kappa shape index (κ3) is 6.09. The monoisotopic (exact) mass is 301 g/mol. The largest absolute Gasteiger partial charge is 0.394 e. The summed E-state index contributed by atoms with van der Waals surface area (Å²) in [6, 6.07) is -0.304. The van der Waals surface area contributed by atoms with Crippen LogP contribution < -0.4 is 5.32 Å². The zero-order valence-corrected chi connectivity index (χ0v) is 12.3. The number of ether oxygens (including phenoxy) is 1. The molecule has 0 bridgehead atoms. The summed E-state index contributed by atoms with van der Waals surface area (Å²) in [6.45, 7) is 1.68. The van der Waals surface area contributed by atoms with Crippen molar-refractivity contribution in [2.45, 2.75) is 19.3 Å². The Balaban J connectivity index is 2.06. The lowest BCUT2D eigenvalue weighted by atomic mass is 10.2. The van der Waals surface area contributed by atoms with Gasteiger partial charge in [0.05, 0.1) is 13.2 Å². The van der Waals surface area contributed by atoms with Crippen LogP contribution in [0.15, 0.2) is 0 Å². The lowest BCUT2D eigenvalue weighted by molar-refractivity contribution is -0.126. The number of rotatable bonds is 10. The van der Waals surface area contributed by atoms with Gasteiger partial charge in [-0.3, -0.25) is 14.5 Å². The number of imide groups is 1. The number of hydrogen-bond donors (Lipinski definition) is 2. The first-order valence-electron chi connectivity index (χ1n) is 7.07. The van der Waals surface area contributed by atoms with Gasteiger partial charge in [0.1, 0.15) is 6.54 Å². The summed E-state index contributed by atoms with van der Waals surface area (Å²) in [4.78, 5) is 37.2. The summed E-state index contributed by atoms with van der Waals surface area (Å²) in [5.74, 6) is -0.325. The van der Waals surface area contributed by atoms with Crippen molar-refractivity contribution < 1.29 is 24.2 Å². The lowest BCUT2D eigenvalue weighted by Crippen LogP contribution is -2.33. The molecule has 0 aliphatic carbocycles. The van der Waals surface area contributed by atoms with Gasteiger partial charge in [0.25, 0.3) is 0 Å². The molecule has 0 atom stereocenters. The molecule has 1 aliphatic rings. The van der Waals surface area contributed by atoms with Crippen LogP contribution in [-0.2, 0) is 14.3 Å². The van der Waals surface area contributed by atoms with E-state index in [0.29, 0.717) is 32.6 Å². The highest BCUT2D eigenvalue weighted by Gasteiger charge is 2.32. The zero-order chi connectivity index (χ0) is 15.7. The van der Waals surface area contributed by atoms with E-state index >= 15 is 0 Å². The molecule has 8 nitrogen and oxygen atoms in total. The predicted octanol–water partition coefficient (Wildman–Crippen LogP) is -0.824. The summed E-state index contributed by atoms with van der Waals surface area (Å²) in [5, 5.41) is 11.2. The van der Waals surface area contributed by atoms with Crippen LogP contribution in [0.4, 0.5) is 4.79 Å². The van der Waals surface area contributed by atoms with E-state index < -0.39 is 0 Å². The minimum atomic E-state index is -0.304. The number of aliphatic hydroxyl groups excluding tert-OH is 1. The number of carbonyl (C=O) groups excluding carboxylic acids is 3. The molecule has 4 amide bonds. The van der Waals surface area contributed by atoms with Crippen molar-refractivity contribution in [1.82, 2.24) is 15.1 Å². The van der Waals surface area contributed by atoms with E-state index in [-0.39, 0.29) is 44.0 Å². The molecule has 0 saturated carbocycles. The summed E-state index contributed by atoms with van der Waals surface area (Å²) < 4.78 is 5.06. The summed E-state index contributed by atoms with van der Waals surface area (Å²) >= 11 is 0. The highest BCUT2D eigenvalue weighted by Crippen LogP contribution is 2.08. The zero-order valence-electron chi connectivity index (χ0n) is 12.3.